The molecule has 2 rings (SSSR count). The molecule has 1 amide bonds. The Morgan fingerprint density at radius 2 is 2.05 bits per heavy atom. The summed E-state index contributed by atoms with van der Waals surface area (Å²) in [5.41, 5.74) is 0. The second-order valence-electron chi connectivity index (χ2n) is 5.03. The number of carboxylic acid groups (broad SMARTS) is 1. The van der Waals surface area contributed by atoms with Crippen molar-refractivity contribution >= 4 is 21.9 Å². The third-order valence-corrected chi connectivity index (χ3v) is 4.91. The number of carbonyl (C=O) groups excluding carboxylic acids is 1. The van der Waals surface area contributed by atoms with Crippen LogP contribution in [0.15, 0.2) is 21.6 Å². The molecule has 0 saturated carbocycles. The maximum Gasteiger partial charge on any atom is 0.326 e. The van der Waals surface area contributed by atoms with Crippen LogP contribution in [-0.4, -0.2) is 49.9 Å². The lowest BCUT2D eigenvalue weighted by molar-refractivity contribution is -0.142. The van der Waals surface area contributed by atoms with Crippen molar-refractivity contribution in [2.45, 2.75) is 36.8 Å². The SMILES string of the molecule is CNS(=O)(=O)c1ccc(C(=O)N2CCCCCC2C(=O)O)o1. The van der Waals surface area contributed by atoms with E-state index >= 15 is 0 Å². The van der Waals surface area contributed by atoms with E-state index in [0.717, 1.165) is 12.8 Å². The van der Waals surface area contributed by atoms with Crippen molar-refractivity contribution in [3.63, 3.8) is 0 Å². The fraction of sp³-hybridized carbons (Fsp3) is 0.538. The van der Waals surface area contributed by atoms with Crippen molar-refractivity contribution in [3.05, 3.63) is 17.9 Å². The van der Waals surface area contributed by atoms with Gasteiger partial charge in [0.2, 0.25) is 5.09 Å². The number of hydrogen-bond acceptors (Lipinski definition) is 5. The average Bonchev–Trinajstić information content (AvgIpc) is 2.85. The maximum absolute atomic E-state index is 12.4. The van der Waals surface area contributed by atoms with Gasteiger partial charge in [-0.05, 0) is 32.0 Å². The topological polar surface area (TPSA) is 117 Å². The third kappa shape index (κ3) is 3.30. The molecule has 1 fully saturated rings. The van der Waals surface area contributed by atoms with Crippen molar-refractivity contribution in [2.75, 3.05) is 13.6 Å². The molecule has 0 bridgehead atoms. The minimum Gasteiger partial charge on any atom is -0.480 e. The zero-order chi connectivity index (χ0) is 16.3. The molecule has 1 aliphatic heterocycles. The minimum absolute atomic E-state index is 0.179. The summed E-state index contributed by atoms with van der Waals surface area (Å²) in [6.07, 6.45) is 2.67. The Labute approximate surface area is 128 Å². The van der Waals surface area contributed by atoms with E-state index in [1.807, 2.05) is 0 Å². The van der Waals surface area contributed by atoms with Gasteiger partial charge in [-0.2, -0.15) is 0 Å². The first kappa shape index (κ1) is 16.5. The highest BCUT2D eigenvalue weighted by Crippen LogP contribution is 2.21. The molecule has 1 atom stereocenters. The molecule has 2 N–H and O–H groups in total. The Bertz CT molecular complexity index is 666. The predicted molar refractivity (Wildman–Crippen MR) is 75.9 cm³/mol. The van der Waals surface area contributed by atoms with Crippen LogP contribution < -0.4 is 4.72 Å². The fourth-order valence-electron chi connectivity index (χ4n) is 2.43. The lowest BCUT2D eigenvalue weighted by atomic mass is 10.1. The number of rotatable bonds is 4. The van der Waals surface area contributed by atoms with Gasteiger partial charge < -0.3 is 14.4 Å². The molecular weight excluding hydrogens is 312 g/mol. The van der Waals surface area contributed by atoms with Crippen molar-refractivity contribution < 1.29 is 27.5 Å². The van der Waals surface area contributed by atoms with Gasteiger partial charge in [0, 0.05) is 6.54 Å². The number of aliphatic carboxylic acids is 1. The molecule has 9 heteroatoms. The predicted octanol–water partition coefficient (Wildman–Crippen LogP) is 0.657. The van der Waals surface area contributed by atoms with E-state index in [4.69, 9.17) is 4.42 Å². The van der Waals surface area contributed by atoms with Gasteiger partial charge in [-0.15, -0.1) is 0 Å². The number of nitrogens with one attached hydrogen (secondary N) is 1. The molecule has 0 aromatic carbocycles. The van der Waals surface area contributed by atoms with Crippen molar-refractivity contribution in [1.29, 1.82) is 0 Å². The molecule has 22 heavy (non-hydrogen) atoms. The third-order valence-electron chi connectivity index (χ3n) is 3.62. The van der Waals surface area contributed by atoms with E-state index in [1.54, 1.807) is 0 Å². The summed E-state index contributed by atoms with van der Waals surface area (Å²) in [5.74, 6) is -1.85. The van der Waals surface area contributed by atoms with Gasteiger partial charge in [0.05, 0.1) is 0 Å². The molecule has 2 heterocycles. The van der Waals surface area contributed by atoms with Crippen molar-refractivity contribution in [3.8, 4) is 0 Å². The normalized spacial score (nSPS) is 19.7. The first-order valence-electron chi connectivity index (χ1n) is 6.94. The summed E-state index contributed by atoms with van der Waals surface area (Å²) in [6.45, 7) is 0.310. The smallest absolute Gasteiger partial charge is 0.326 e. The number of furan rings is 1. The highest BCUT2D eigenvalue weighted by molar-refractivity contribution is 7.89. The zero-order valence-corrected chi connectivity index (χ0v) is 12.9. The van der Waals surface area contributed by atoms with Gasteiger partial charge in [0.15, 0.2) is 5.76 Å². The number of amides is 1. The van der Waals surface area contributed by atoms with Crippen molar-refractivity contribution in [2.24, 2.45) is 0 Å². The Hall–Kier alpha value is -1.87. The first-order chi connectivity index (χ1) is 10.4. The average molecular weight is 330 g/mol. The summed E-state index contributed by atoms with van der Waals surface area (Å²) in [5, 5.41) is 8.90. The monoisotopic (exact) mass is 330 g/mol. The number of carboxylic acids is 1. The van der Waals surface area contributed by atoms with Gasteiger partial charge in [0.25, 0.3) is 15.9 Å². The van der Waals surface area contributed by atoms with Crippen molar-refractivity contribution in [1.82, 2.24) is 9.62 Å². The van der Waals surface area contributed by atoms with Crippen LogP contribution in [0.5, 0.6) is 0 Å². The molecular formula is C13H18N2O6S. The van der Waals surface area contributed by atoms with Crippen LogP contribution in [0.1, 0.15) is 36.2 Å². The van der Waals surface area contributed by atoms with Crippen LogP contribution in [0.2, 0.25) is 0 Å². The quantitative estimate of drug-likeness (QED) is 0.837. The van der Waals surface area contributed by atoms with Crippen LogP contribution >= 0.6 is 0 Å². The van der Waals surface area contributed by atoms with E-state index in [-0.39, 0.29) is 10.9 Å². The molecule has 1 aromatic heterocycles. The first-order valence-corrected chi connectivity index (χ1v) is 8.42. The highest BCUT2D eigenvalue weighted by Gasteiger charge is 2.33. The molecule has 1 aromatic rings. The zero-order valence-electron chi connectivity index (χ0n) is 12.1. The molecule has 1 unspecified atom stereocenters. The molecule has 8 nitrogen and oxygen atoms in total. The summed E-state index contributed by atoms with van der Waals surface area (Å²) >= 11 is 0. The molecule has 1 saturated heterocycles. The van der Waals surface area contributed by atoms with Crippen LogP contribution in [0.4, 0.5) is 0 Å². The van der Waals surface area contributed by atoms with Gasteiger partial charge in [-0.3, -0.25) is 4.79 Å². The van der Waals surface area contributed by atoms with Gasteiger partial charge in [-0.25, -0.2) is 17.9 Å². The van der Waals surface area contributed by atoms with E-state index in [0.29, 0.717) is 19.4 Å². The molecule has 0 spiro atoms. The molecule has 1 aliphatic rings. The summed E-state index contributed by atoms with van der Waals surface area (Å²) in [4.78, 5) is 25.0. The standard InChI is InChI=1S/C13H18N2O6S/c1-14-22(19,20)11-7-6-10(21-11)12(16)15-8-4-2-3-5-9(15)13(17)18/h6-7,9,14H,2-5,8H2,1H3,(H,17,18). The highest BCUT2D eigenvalue weighted by atomic mass is 32.2. The summed E-state index contributed by atoms with van der Waals surface area (Å²) < 4.78 is 30.4. The van der Waals surface area contributed by atoms with Gasteiger partial charge >= 0.3 is 5.97 Å². The number of hydrogen-bond donors (Lipinski definition) is 2. The van der Waals surface area contributed by atoms with Gasteiger partial charge in [-0.1, -0.05) is 12.8 Å². The van der Waals surface area contributed by atoms with E-state index < -0.39 is 27.9 Å². The molecule has 0 radical (unpaired) electrons. The number of carbonyl (C=O) groups is 2. The van der Waals surface area contributed by atoms with E-state index in [2.05, 4.69) is 4.72 Å². The summed E-state index contributed by atoms with van der Waals surface area (Å²) in [6, 6.07) is 1.51. The van der Waals surface area contributed by atoms with Crippen LogP contribution in [0.3, 0.4) is 0 Å². The second-order valence-corrected chi connectivity index (χ2v) is 6.85. The number of likely N-dealkylation sites (tertiary alicyclic amines) is 1. The Morgan fingerprint density at radius 3 is 2.68 bits per heavy atom. The lowest BCUT2D eigenvalue weighted by Gasteiger charge is -2.25. The van der Waals surface area contributed by atoms with E-state index in [1.165, 1.54) is 24.1 Å². The second kappa shape index (κ2) is 6.49. The molecule has 0 aliphatic carbocycles. The number of sulfonamides is 1. The molecule has 122 valence electrons. The van der Waals surface area contributed by atoms with Gasteiger partial charge in [0.1, 0.15) is 6.04 Å². The maximum atomic E-state index is 12.4. The Kier molecular flexibility index (Phi) is 4.87. The van der Waals surface area contributed by atoms with E-state index in [9.17, 15) is 23.1 Å². The van der Waals surface area contributed by atoms with Crippen LogP contribution in [0.25, 0.3) is 0 Å². The number of nitrogens with zero attached hydrogens (tertiary/aromatic N) is 1. The lowest BCUT2D eigenvalue weighted by Crippen LogP contribution is -2.44. The van der Waals surface area contributed by atoms with Crippen LogP contribution in [0, 0.1) is 0 Å². The minimum atomic E-state index is -3.78. The van der Waals surface area contributed by atoms with Crippen LogP contribution in [-0.2, 0) is 14.8 Å². The Balaban J connectivity index is 2.28. The largest absolute Gasteiger partial charge is 0.480 e. The Morgan fingerprint density at radius 1 is 1.32 bits per heavy atom. The summed E-state index contributed by atoms with van der Waals surface area (Å²) in [7, 11) is -2.55. The fourth-order valence-corrected chi connectivity index (χ4v) is 3.08.